The van der Waals surface area contributed by atoms with Crippen LogP contribution in [0.2, 0.25) is 0 Å². The highest BCUT2D eigenvalue weighted by molar-refractivity contribution is 7.91. The zero-order chi connectivity index (χ0) is 19.7. The Labute approximate surface area is 171 Å². The lowest BCUT2D eigenvalue weighted by molar-refractivity contribution is 0.0172. The van der Waals surface area contributed by atoms with E-state index in [0.29, 0.717) is 24.0 Å². The molecule has 2 aromatic rings. The Morgan fingerprint density at radius 2 is 1.96 bits per heavy atom. The molecule has 0 saturated carbocycles. The Bertz CT molecular complexity index is 936. The first-order valence-electron chi connectivity index (χ1n) is 9.66. The van der Waals surface area contributed by atoms with Crippen LogP contribution >= 0.6 is 11.3 Å². The number of hydrogen-bond donors (Lipinski definition) is 1. The quantitative estimate of drug-likeness (QED) is 0.776. The van der Waals surface area contributed by atoms with E-state index < -0.39 is 10.0 Å². The molecule has 1 N–H and O–H groups in total. The van der Waals surface area contributed by atoms with E-state index in [2.05, 4.69) is 39.8 Å². The number of nitrogens with zero attached hydrogens (tertiary/aromatic N) is 2. The van der Waals surface area contributed by atoms with Crippen molar-refractivity contribution in [1.29, 1.82) is 0 Å². The van der Waals surface area contributed by atoms with Crippen LogP contribution in [0.5, 0.6) is 0 Å². The summed E-state index contributed by atoms with van der Waals surface area (Å²) in [5.41, 5.74) is 3.79. The van der Waals surface area contributed by atoms with Crippen LogP contribution in [0.4, 0.5) is 5.69 Å². The zero-order valence-corrected chi connectivity index (χ0v) is 18.0. The molecule has 1 atom stereocenters. The average Bonchev–Trinajstić information content (AvgIpc) is 3.29. The van der Waals surface area contributed by atoms with E-state index in [1.54, 1.807) is 6.07 Å². The van der Waals surface area contributed by atoms with Crippen LogP contribution in [0.25, 0.3) is 0 Å². The fourth-order valence-electron chi connectivity index (χ4n) is 3.96. The molecular formula is C20H27N3O3S2. The zero-order valence-electron chi connectivity index (χ0n) is 16.3. The minimum atomic E-state index is -3.50. The Morgan fingerprint density at radius 1 is 1.18 bits per heavy atom. The van der Waals surface area contributed by atoms with Crippen molar-refractivity contribution in [1.82, 2.24) is 9.62 Å². The lowest BCUT2D eigenvalue weighted by Crippen LogP contribution is -2.43. The fourth-order valence-corrected chi connectivity index (χ4v) is 6.32. The number of fused-ring (bicyclic) bond motifs is 1. The van der Waals surface area contributed by atoms with Gasteiger partial charge in [0.25, 0.3) is 0 Å². The Kier molecular flexibility index (Phi) is 5.76. The predicted molar refractivity (Wildman–Crippen MR) is 113 cm³/mol. The molecule has 6 nitrogen and oxygen atoms in total. The largest absolute Gasteiger partial charge is 0.379 e. The maximum Gasteiger partial charge on any atom is 0.250 e. The Balaban J connectivity index is 1.57. The van der Waals surface area contributed by atoms with Gasteiger partial charge in [0.1, 0.15) is 4.21 Å². The number of morpholine rings is 1. The summed E-state index contributed by atoms with van der Waals surface area (Å²) in [6, 6.07) is 10.1. The molecule has 1 aromatic carbocycles. The topological polar surface area (TPSA) is 61.9 Å². The van der Waals surface area contributed by atoms with Gasteiger partial charge >= 0.3 is 0 Å². The summed E-state index contributed by atoms with van der Waals surface area (Å²) >= 11 is 1.30. The highest BCUT2D eigenvalue weighted by atomic mass is 32.2. The summed E-state index contributed by atoms with van der Waals surface area (Å²) in [6.07, 6.45) is 1.04. The van der Waals surface area contributed by atoms with Gasteiger partial charge in [-0.1, -0.05) is 12.1 Å². The predicted octanol–water partition coefficient (Wildman–Crippen LogP) is 2.40. The maximum absolute atomic E-state index is 12.7. The molecule has 1 saturated heterocycles. The molecule has 0 aliphatic carbocycles. The normalized spacial score (nSPS) is 19.0. The van der Waals surface area contributed by atoms with E-state index in [9.17, 15) is 8.42 Å². The highest BCUT2D eigenvalue weighted by Gasteiger charge is 2.27. The van der Waals surface area contributed by atoms with Crippen LogP contribution in [-0.4, -0.2) is 59.8 Å². The van der Waals surface area contributed by atoms with Gasteiger partial charge in [0.15, 0.2) is 0 Å². The van der Waals surface area contributed by atoms with E-state index in [0.717, 1.165) is 30.9 Å². The molecule has 3 heterocycles. The number of sulfonamides is 1. The minimum Gasteiger partial charge on any atom is -0.379 e. The smallest absolute Gasteiger partial charge is 0.250 e. The molecule has 2 aliphatic heterocycles. The number of anilines is 1. The van der Waals surface area contributed by atoms with Gasteiger partial charge in [0, 0.05) is 49.8 Å². The van der Waals surface area contributed by atoms with Gasteiger partial charge in [-0.15, -0.1) is 11.3 Å². The first kappa shape index (κ1) is 19.8. The van der Waals surface area contributed by atoms with Gasteiger partial charge in [-0.25, -0.2) is 13.1 Å². The van der Waals surface area contributed by atoms with Crippen molar-refractivity contribution in [2.45, 2.75) is 23.6 Å². The number of aryl methyl sites for hydroxylation is 1. The van der Waals surface area contributed by atoms with Crippen molar-refractivity contribution in [2.75, 3.05) is 51.3 Å². The number of thiophene rings is 1. The highest BCUT2D eigenvalue weighted by Crippen LogP contribution is 2.31. The summed E-state index contributed by atoms with van der Waals surface area (Å²) in [7, 11) is -1.39. The minimum absolute atomic E-state index is 0.00376. The van der Waals surface area contributed by atoms with E-state index in [4.69, 9.17) is 4.74 Å². The lowest BCUT2D eigenvalue weighted by Gasteiger charge is -2.35. The van der Waals surface area contributed by atoms with Crippen LogP contribution in [-0.2, 0) is 21.2 Å². The van der Waals surface area contributed by atoms with Gasteiger partial charge in [0.2, 0.25) is 10.0 Å². The molecular weight excluding hydrogens is 394 g/mol. The molecule has 0 unspecified atom stereocenters. The monoisotopic (exact) mass is 421 g/mol. The summed E-state index contributed by atoms with van der Waals surface area (Å²) in [5, 5.41) is 0. The Hall–Kier alpha value is -1.45. The first-order valence-corrected chi connectivity index (χ1v) is 12.0. The van der Waals surface area contributed by atoms with Gasteiger partial charge in [0.05, 0.1) is 13.2 Å². The molecule has 8 heteroatoms. The fraction of sp³-hybridized carbons (Fsp3) is 0.500. The van der Waals surface area contributed by atoms with Gasteiger partial charge < -0.3 is 9.64 Å². The van der Waals surface area contributed by atoms with Crippen molar-refractivity contribution in [3.63, 3.8) is 0 Å². The summed E-state index contributed by atoms with van der Waals surface area (Å²) in [4.78, 5) is 5.59. The standard InChI is InChI=1S/C20H27N3O3S2/c1-15-3-6-20(27-15)28(24,25)21-14-19(23-9-11-26-12-10-23)16-4-5-18-17(13-16)7-8-22(18)2/h3-6,13,19,21H,7-12,14H2,1-2H3/t19-/m1/s1. The second-order valence-corrected chi connectivity index (χ2v) is 10.7. The van der Waals surface area contributed by atoms with E-state index in [1.807, 2.05) is 13.0 Å². The maximum atomic E-state index is 12.7. The average molecular weight is 422 g/mol. The van der Waals surface area contributed by atoms with Gasteiger partial charge in [-0.05, 0) is 42.7 Å². The second kappa shape index (κ2) is 8.12. The van der Waals surface area contributed by atoms with Crippen LogP contribution in [0.1, 0.15) is 22.0 Å². The van der Waals surface area contributed by atoms with Gasteiger partial charge in [-0.2, -0.15) is 0 Å². The number of hydrogen-bond acceptors (Lipinski definition) is 6. The van der Waals surface area contributed by atoms with Crippen molar-refractivity contribution in [2.24, 2.45) is 0 Å². The molecule has 1 aromatic heterocycles. The SMILES string of the molecule is Cc1ccc(S(=O)(=O)NC[C@H](c2ccc3c(c2)CCN3C)N2CCOCC2)s1. The van der Waals surface area contributed by atoms with Gasteiger partial charge in [-0.3, -0.25) is 4.90 Å². The van der Waals surface area contributed by atoms with Crippen molar-refractivity contribution < 1.29 is 13.2 Å². The third-order valence-corrected chi connectivity index (χ3v) is 8.47. The van der Waals surface area contributed by atoms with Crippen LogP contribution in [0.15, 0.2) is 34.5 Å². The molecule has 152 valence electrons. The summed E-state index contributed by atoms with van der Waals surface area (Å²) < 4.78 is 34.2. The number of ether oxygens (including phenoxy) is 1. The first-order chi connectivity index (χ1) is 13.4. The number of benzene rings is 1. The second-order valence-electron chi connectivity index (χ2n) is 7.44. The Morgan fingerprint density at radius 3 is 2.68 bits per heavy atom. The van der Waals surface area contributed by atoms with Crippen molar-refractivity contribution >= 4 is 27.0 Å². The number of nitrogens with one attached hydrogen (secondary N) is 1. The summed E-state index contributed by atoms with van der Waals surface area (Å²) in [5.74, 6) is 0. The molecule has 4 rings (SSSR count). The van der Waals surface area contributed by atoms with Crippen LogP contribution < -0.4 is 9.62 Å². The third kappa shape index (κ3) is 4.11. The molecule has 28 heavy (non-hydrogen) atoms. The molecule has 0 radical (unpaired) electrons. The van der Waals surface area contributed by atoms with Crippen LogP contribution in [0.3, 0.4) is 0 Å². The molecule has 1 fully saturated rings. The van der Waals surface area contributed by atoms with Crippen molar-refractivity contribution in [3.05, 3.63) is 46.3 Å². The van der Waals surface area contributed by atoms with E-state index >= 15 is 0 Å². The van der Waals surface area contributed by atoms with Crippen LogP contribution in [0, 0.1) is 6.92 Å². The number of rotatable bonds is 6. The molecule has 2 aliphatic rings. The summed E-state index contributed by atoms with van der Waals surface area (Å²) in [6.45, 7) is 6.28. The number of likely N-dealkylation sites (N-methyl/N-ethyl adjacent to an activating group) is 1. The third-order valence-electron chi connectivity index (χ3n) is 5.55. The lowest BCUT2D eigenvalue weighted by atomic mass is 10.0. The van der Waals surface area contributed by atoms with E-state index in [1.165, 1.54) is 28.2 Å². The molecule has 0 spiro atoms. The molecule has 0 bridgehead atoms. The van der Waals surface area contributed by atoms with Crippen molar-refractivity contribution in [3.8, 4) is 0 Å². The molecule has 0 amide bonds. The van der Waals surface area contributed by atoms with E-state index in [-0.39, 0.29) is 6.04 Å².